The van der Waals surface area contributed by atoms with Crippen LogP contribution in [0.2, 0.25) is 0 Å². The maximum absolute atomic E-state index is 12.5. The molecule has 0 amide bonds. The highest BCUT2D eigenvalue weighted by atomic mass is 32.2. The van der Waals surface area contributed by atoms with Crippen LogP contribution < -0.4 is 9.46 Å². The van der Waals surface area contributed by atoms with Gasteiger partial charge in [-0.2, -0.15) is 0 Å². The van der Waals surface area contributed by atoms with Crippen LogP contribution in [0.5, 0.6) is 11.5 Å². The molecule has 0 radical (unpaired) electrons. The molecule has 25 heavy (non-hydrogen) atoms. The van der Waals surface area contributed by atoms with Crippen molar-refractivity contribution in [3.8, 4) is 11.5 Å². The van der Waals surface area contributed by atoms with E-state index >= 15 is 0 Å². The molecule has 0 saturated carbocycles. The predicted molar refractivity (Wildman–Crippen MR) is 92.4 cm³/mol. The molecule has 0 spiro atoms. The Hall–Kier alpha value is -2.74. The molecule has 0 aliphatic heterocycles. The summed E-state index contributed by atoms with van der Waals surface area (Å²) in [5.41, 5.74) is 1.27. The van der Waals surface area contributed by atoms with Gasteiger partial charge in [0.15, 0.2) is 11.5 Å². The van der Waals surface area contributed by atoms with Gasteiger partial charge in [-0.25, -0.2) is 8.42 Å². The van der Waals surface area contributed by atoms with Gasteiger partial charge in [-0.05, 0) is 36.8 Å². The average Bonchev–Trinajstić information content (AvgIpc) is 2.57. The zero-order valence-electron chi connectivity index (χ0n) is 14.1. The summed E-state index contributed by atoms with van der Waals surface area (Å²) in [6.07, 6.45) is -0.0909. The van der Waals surface area contributed by atoms with Gasteiger partial charge in [-0.3, -0.25) is 9.52 Å². The number of ether oxygens (including phenoxy) is 2. The largest absolute Gasteiger partial charge is 0.503 e. The second-order valence-corrected chi connectivity index (χ2v) is 7.05. The Kier molecular flexibility index (Phi) is 5.53. The number of anilines is 1. The number of carbonyl (C=O) groups excluding carboxylic acids is 1. The molecule has 0 saturated heterocycles. The molecule has 0 heterocycles. The zero-order chi connectivity index (χ0) is 18.6. The van der Waals surface area contributed by atoms with Gasteiger partial charge in [0.25, 0.3) is 10.0 Å². The number of aryl methyl sites for hydroxylation is 1. The van der Waals surface area contributed by atoms with E-state index in [1.54, 1.807) is 12.1 Å². The molecule has 7 nitrogen and oxygen atoms in total. The van der Waals surface area contributed by atoms with Crippen molar-refractivity contribution in [3.05, 3.63) is 47.5 Å². The lowest BCUT2D eigenvalue weighted by Gasteiger charge is -2.14. The van der Waals surface area contributed by atoms with Crippen LogP contribution >= 0.6 is 0 Å². The molecule has 0 aliphatic carbocycles. The second-order valence-electron chi connectivity index (χ2n) is 5.37. The van der Waals surface area contributed by atoms with Crippen LogP contribution in [-0.2, 0) is 26.0 Å². The summed E-state index contributed by atoms with van der Waals surface area (Å²) < 4.78 is 37.0. The topological polar surface area (TPSA) is 102 Å². The predicted octanol–water partition coefficient (Wildman–Crippen LogP) is 2.23. The first-order valence-corrected chi connectivity index (χ1v) is 8.81. The van der Waals surface area contributed by atoms with Gasteiger partial charge in [-0.1, -0.05) is 17.7 Å². The van der Waals surface area contributed by atoms with Crippen LogP contribution in [0.25, 0.3) is 0 Å². The maximum Gasteiger partial charge on any atom is 0.309 e. The van der Waals surface area contributed by atoms with E-state index in [0.29, 0.717) is 5.56 Å². The molecule has 0 fully saturated rings. The lowest BCUT2D eigenvalue weighted by atomic mass is 10.1. The SMILES string of the molecule is COC(=O)Cc1cc(NS(=O)(=O)c2ccc(C)cc2)c(O)c(OC)c1. The van der Waals surface area contributed by atoms with E-state index in [9.17, 15) is 18.3 Å². The molecule has 2 aromatic carbocycles. The first kappa shape index (κ1) is 18.6. The number of hydrogen-bond acceptors (Lipinski definition) is 6. The number of phenolic OH excluding ortho intramolecular Hbond substituents is 1. The highest BCUT2D eigenvalue weighted by Crippen LogP contribution is 2.37. The molecule has 0 aliphatic rings. The number of hydrogen-bond donors (Lipinski definition) is 2. The summed E-state index contributed by atoms with van der Waals surface area (Å²) in [5, 5.41) is 10.2. The van der Waals surface area contributed by atoms with E-state index in [0.717, 1.165) is 5.56 Å². The Balaban J connectivity index is 2.41. The van der Waals surface area contributed by atoms with Gasteiger partial charge in [0, 0.05) is 0 Å². The molecule has 0 bridgehead atoms. The Morgan fingerprint density at radius 2 is 1.80 bits per heavy atom. The lowest BCUT2D eigenvalue weighted by molar-refractivity contribution is -0.139. The number of sulfonamides is 1. The first-order valence-electron chi connectivity index (χ1n) is 7.33. The van der Waals surface area contributed by atoms with Crippen LogP contribution in [0.3, 0.4) is 0 Å². The van der Waals surface area contributed by atoms with Crippen LogP contribution in [0.15, 0.2) is 41.3 Å². The van der Waals surface area contributed by atoms with Crippen LogP contribution in [0.1, 0.15) is 11.1 Å². The molecule has 134 valence electrons. The highest BCUT2D eigenvalue weighted by molar-refractivity contribution is 7.92. The molecule has 8 heteroatoms. The van der Waals surface area contributed by atoms with Gasteiger partial charge in [-0.15, -0.1) is 0 Å². The summed E-state index contributed by atoms with van der Waals surface area (Å²) in [6.45, 7) is 1.84. The van der Waals surface area contributed by atoms with E-state index in [1.165, 1.54) is 38.5 Å². The summed E-state index contributed by atoms with van der Waals surface area (Å²) >= 11 is 0. The molecular weight excluding hydrogens is 346 g/mol. The Bertz CT molecular complexity index is 875. The molecule has 0 aromatic heterocycles. The number of carbonyl (C=O) groups is 1. The van der Waals surface area contributed by atoms with E-state index in [4.69, 9.17) is 4.74 Å². The third-order valence-electron chi connectivity index (χ3n) is 3.51. The molecule has 2 rings (SSSR count). The Morgan fingerprint density at radius 1 is 1.16 bits per heavy atom. The number of rotatable bonds is 6. The van der Waals surface area contributed by atoms with Crippen molar-refractivity contribution in [2.75, 3.05) is 18.9 Å². The van der Waals surface area contributed by atoms with Crippen molar-refractivity contribution >= 4 is 21.7 Å². The average molecular weight is 365 g/mol. The second kappa shape index (κ2) is 7.43. The van der Waals surface area contributed by atoms with Crippen molar-refractivity contribution in [2.24, 2.45) is 0 Å². The molecular formula is C17H19NO6S. The van der Waals surface area contributed by atoms with Gasteiger partial charge >= 0.3 is 5.97 Å². The molecule has 0 atom stereocenters. The first-order chi connectivity index (χ1) is 11.8. The Morgan fingerprint density at radius 3 is 2.36 bits per heavy atom. The summed E-state index contributed by atoms with van der Waals surface area (Å²) in [7, 11) is -1.33. The van der Waals surface area contributed by atoms with Crippen molar-refractivity contribution in [2.45, 2.75) is 18.2 Å². The number of aromatic hydroxyl groups is 1. The smallest absolute Gasteiger partial charge is 0.309 e. The van der Waals surface area contributed by atoms with E-state index < -0.39 is 16.0 Å². The maximum atomic E-state index is 12.5. The highest BCUT2D eigenvalue weighted by Gasteiger charge is 2.19. The lowest BCUT2D eigenvalue weighted by Crippen LogP contribution is -2.14. The number of esters is 1. The summed E-state index contributed by atoms with van der Waals surface area (Å²) in [5.74, 6) is -0.824. The standard InChI is InChI=1S/C17H19NO6S/c1-11-4-6-13(7-5-11)25(21,22)18-14-8-12(10-16(19)24-3)9-15(23-2)17(14)20/h4-9,18,20H,10H2,1-3H3. The summed E-state index contributed by atoms with van der Waals surface area (Å²) in [4.78, 5) is 11.5. The van der Waals surface area contributed by atoms with Crippen LogP contribution in [-0.4, -0.2) is 33.7 Å². The van der Waals surface area contributed by atoms with Crippen molar-refractivity contribution in [1.29, 1.82) is 0 Å². The number of benzene rings is 2. The number of nitrogens with one attached hydrogen (secondary N) is 1. The van der Waals surface area contributed by atoms with E-state index in [1.807, 2.05) is 6.92 Å². The fourth-order valence-electron chi connectivity index (χ4n) is 2.16. The Labute approximate surface area is 146 Å². The molecule has 0 unspecified atom stereocenters. The van der Waals surface area contributed by atoms with E-state index in [2.05, 4.69) is 9.46 Å². The van der Waals surface area contributed by atoms with Gasteiger partial charge in [0.1, 0.15) is 0 Å². The minimum Gasteiger partial charge on any atom is -0.503 e. The monoisotopic (exact) mass is 365 g/mol. The molecule has 2 N–H and O–H groups in total. The van der Waals surface area contributed by atoms with E-state index in [-0.39, 0.29) is 28.5 Å². The third-order valence-corrected chi connectivity index (χ3v) is 4.89. The minimum absolute atomic E-state index is 0.0445. The van der Waals surface area contributed by atoms with Gasteiger partial charge in [0.05, 0.1) is 31.2 Å². The van der Waals surface area contributed by atoms with Crippen molar-refractivity contribution in [3.63, 3.8) is 0 Å². The fraction of sp³-hybridized carbons (Fsp3) is 0.235. The minimum atomic E-state index is -3.91. The fourth-order valence-corrected chi connectivity index (χ4v) is 3.22. The normalized spacial score (nSPS) is 11.0. The third kappa shape index (κ3) is 4.42. The van der Waals surface area contributed by atoms with Crippen molar-refractivity contribution in [1.82, 2.24) is 0 Å². The van der Waals surface area contributed by atoms with Crippen molar-refractivity contribution < 1.29 is 27.8 Å². The van der Waals surface area contributed by atoms with Gasteiger partial charge < -0.3 is 14.6 Å². The zero-order valence-corrected chi connectivity index (χ0v) is 14.9. The molecule has 2 aromatic rings. The quantitative estimate of drug-likeness (QED) is 0.601. The number of methoxy groups -OCH3 is 2. The van der Waals surface area contributed by atoms with Gasteiger partial charge in [0.2, 0.25) is 0 Å². The van der Waals surface area contributed by atoms with Crippen LogP contribution in [0, 0.1) is 6.92 Å². The summed E-state index contributed by atoms with van der Waals surface area (Å²) in [6, 6.07) is 9.07. The van der Waals surface area contributed by atoms with Crippen LogP contribution in [0.4, 0.5) is 5.69 Å². The number of phenols is 1.